The summed E-state index contributed by atoms with van der Waals surface area (Å²) in [4.78, 5) is 20.3. The van der Waals surface area contributed by atoms with E-state index in [1.54, 1.807) is 0 Å². The van der Waals surface area contributed by atoms with Crippen molar-refractivity contribution in [1.82, 2.24) is 0 Å². The Bertz CT molecular complexity index is 228. The fraction of sp³-hybridized carbons (Fsp3) is 0.500. The Hall–Kier alpha value is 2.26. The summed E-state index contributed by atoms with van der Waals surface area (Å²) < 4.78 is -0.519. The second kappa shape index (κ2) is 11.0. The first kappa shape index (κ1) is 19.3. The zero-order chi connectivity index (χ0) is 12.0. The zero-order valence-electron chi connectivity index (χ0n) is 7.49. The standard InChI is InChI=1S/2C2H2O2S4.Fe/c2*3-1(4)2-5-7-8-6-2;/h2*2H,(H,3,4);. The number of aliphatic carboxylic acids is 2. The third-order valence-corrected chi connectivity index (χ3v) is 15.9. The first-order valence-corrected chi connectivity index (χ1v) is 13.3. The molecule has 0 aromatic rings. The minimum absolute atomic E-state index is 0. The van der Waals surface area contributed by atoms with E-state index >= 15 is 0 Å². The smallest absolute Gasteiger partial charge is 0.328 e. The molecular weight excluding hydrogens is 424 g/mol. The molecule has 2 aliphatic rings. The number of carboxylic acids is 2. The van der Waals surface area contributed by atoms with Gasteiger partial charge in [0.15, 0.2) is 9.16 Å². The second-order valence-corrected chi connectivity index (χ2v) is 14.6. The van der Waals surface area contributed by atoms with Crippen LogP contribution in [0.3, 0.4) is 0 Å². The van der Waals surface area contributed by atoms with Gasteiger partial charge in [0.25, 0.3) is 0 Å². The van der Waals surface area contributed by atoms with Crippen LogP contribution in [0.1, 0.15) is 0 Å². The molecule has 0 aromatic heterocycles. The van der Waals surface area contributed by atoms with Crippen LogP contribution in [-0.4, -0.2) is 31.3 Å². The predicted molar refractivity (Wildman–Crippen MR) is 83.6 cm³/mol. The van der Waals surface area contributed by atoms with Crippen LogP contribution >= 0.6 is 82.5 Å². The van der Waals surface area contributed by atoms with Crippen LogP contribution in [0, 0.1) is 0 Å². The van der Waals surface area contributed by atoms with Crippen molar-refractivity contribution in [2.75, 3.05) is 0 Å². The van der Waals surface area contributed by atoms with E-state index in [9.17, 15) is 9.59 Å². The molecule has 2 saturated heterocycles. The Morgan fingerprint density at radius 1 is 0.706 bits per heavy atom. The average molecular weight is 428 g/mol. The first-order valence-electron chi connectivity index (χ1n) is 3.38. The van der Waals surface area contributed by atoms with Gasteiger partial charge in [-0.3, -0.25) is 9.59 Å². The summed E-state index contributed by atoms with van der Waals surface area (Å²) >= 11 is 0. The summed E-state index contributed by atoms with van der Waals surface area (Å²) in [7, 11) is 11.7. The summed E-state index contributed by atoms with van der Waals surface area (Å²) in [6, 6.07) is 0. The molecule has 0 aromatic carbocycles. The summed E-state index contributed by atoms with van der Waals surface area (Å²) in [5, 5.41) is 16.7. The Morgan fingerprint density at radius 3 is 1.06 bits per heavy atom. The fourth-order valence-corrected chi connectivity index (χ4v) is 16.6. The van der Waals surface area contributed by atoms with Crippen molar-refractivity contribution in [3.8, 4) is 0 Å². The minimum atomic E-state index is -0.725. The molecule has 0 bridgehead atoms. The van der Waals surface area contributed by atoms with Crippen LogP contribution in [0.2, 0.25) is 0 Å². The summed E-state index contributed by atoms with van der Waals surface area (Å²) in [5.74, 6) is -1.45. The van der Waals surface area contributed by atoms with E-state index < -0.39 is 11.9 Å². The maximum Gasteiger partial charge on any atom is 0.328 e. The van der Waals surface area contributed by atoms with Crippen molar-refractivity contribution in [1.29, 1.82) is 0 Å². The van der Waals surface area contributed by atoms with Gasteiger partial charge in [0.2, 0.25) is 0 Å². The Morgan fingerprint density at radius 2 is 0.941 bits per heavy atom. The molecule has 2 N–H and O–H groups in total. The third kappa shape index (κ3) is 8.20. The Balaban J connectivity index is 0.000000284. The Labute approximate surface area is 139 Å². The second-order valence-electron chi connectivity index (χ2n) is 2.00. The molecule has 100 valence electrons. The molecule has 2 rings (SSSR count). The molecule has 4 nitrogen and oxygen atoms in total. The SMILES string of the molecule is O=C(O)C1SSSS1.O=C(O)C1SSSS1.[Fe]. The molecule has 17 heavy (non-hydrogen) atoms. The fourth-order valence-electron chi connectivity index (χ4n) is 0.404. The van der Waals surface area contributed by atoms with Crippen LogP contribution in [0.15, 0.2) is 0 Å². The molecule has 0 radical (unpaired) electrons. The monoisotopic (exact) mass is 428 g/mol. The van der Waals surface area contributed by atoms with Crippen LogP contribution < -0.4 is 0 Å². The molecule has 2 fully saturated rings. The molecule has 2 aliphatic heterocycles. The van der Waals surface area contributed by atoms with Crippen LogP contribution in [0.25, 0.3) is 0 Å². The van der Waals surface area contributed by atoms with Crippen molar-refractivity contribution in [2.45, 2.75) is 9.16 Å². The molecule has 0 amide bonds. The zero-order valence-corrected chi connectivity index (χ0v) is 15.1. The topological polar surface area (TPSA) is 74.6 Å². The summed E-state index contributed by atoms with van der Waals surface area (Å²) in [6.07, 6.45) is 0. The van der Waals surface area contributed by atoms with Gasteiger partial charge in [-0.05, 0) is 39.3 Å². The van der Waals surface area contributed by atoms with Gasteiger partial charge in [0.05, 0.1) is 0 Å². The van der Waals surface area contributed by atoms with E-state index in [0.29, 0.717) is 0 Å². The van der Waals surface area contributed by atoms with Crippen molar-refractivity contribution in [3.63, 3.8) is 0 Å². The van der Waals surface area contributed by atoms with E-state index in [1.165, 1.54) is 82.5 Å². The van der Waals surface area contributed by atoms with Crippen molar-refractivity contribution < 1.29 is 36.9 Å². The number of rotatable bonds is 2. The quantitative estimate of drug-likeness (QED) is 0.490. The molecule has 0 spiro atoms. The van der Waals surface area contributed by atoms with Gasteiger partial charge in [-0.15, -0.1) is 0 Å². The molecule has 2 heterocycles. The molecule has 0 unspecified atom stereocenters. The van der Waals surface area contributed by atoms with E-state index in [4.69, 9.17) is 10.2 Å². The number of hydrogen-bond acceptors (Lipinski definition) is 10. The van der Waals surface area contributed by atoms with Crippen molar-refractivity contribution in [3.05, 3.63) is 0 Å². The van der Waals surface area contributed by atoms with Gasteiger partial charge in [0.1, 0.15) is 0 Å². The van der Waals surface area contributed by atoms with Gasteiger partial charge < -0.3 is 10.2 Å². The maximum atomic E-state index is 10.1. The van der Waals surface area contributed by atoms with Gasteiger partial charge in [-0.2, -0.15) is 0 Å². The van der Waals surface area contributed by atoms with Crippen molar-refractivity contribution >= 4 is 94.4 Å². The Kier molecular flexibility index (Phi) is 12.4. The van der Waals surface area contributed by atoms with E-state index in [-0.39, 0.29) is 26.2 Å². The van der Waals surface area contributed by atoms with Crippen molar-refractivity contribution in [2.24, 2.45) is 0 Å². The van der Waals surface area contributed by atoms with Crippen LogP contribution in [0.5, 0.6) is 0 Å². The van der Waals surface area contributed by atoms with Gasteiger partial charge in [-0.25, -0.2) is 0 Å². The molecule has 0 saturated carbocycles. The van der Waals surface area contributed by atoms with E-state index in [2.05, 4.69) is 0 Å². The minimum Gasteiger partial charge on any atom is -0.480 e. The largest absolute Gasteiger partial charge is 0.480 e. The summed E-state index contributed by atoms with van der Waals surface area (Å²) in [5.41, 5.74) is 0. The third-order valence-electron chi connectivity index (χ3n) is 0.966. The molecular formula is C4H4FeO4S8. The van der Waals surface area contributed by atoms with Gasteiger partial charge in [-0.1, -0.05) is 43.2 Å². The normalized spacial score (nSPS) is 20.2. The first-order chi connectivity index (χ1) is 7.61. The van der Waals surface area contributed by atoms with Gasteiger partial charge >= 0.3 is 11.9 Å². The number of carboxylic acid groups (broad SMARTS) is 2. The van der Waals surface area contributed by atoms with Gasteiger partial charge in [0, 0.05) is 17.1 Å². The van der Waals surface area contributed by atoms with E-state index in [0.717, 1.165) is 0 Å². The van der Waals surface area contributed by atoms with Crippen LogP contribution in [-0.2, 0) is 26.7 Å². The predicted octanol–water partition coefficient (Wildman–Crippen LogP) is 4.17. The summed E-state index contributed by atoms with van der Waals surface area (Å²) in [6.45, 7) is 0. The maximum absolute atomic E-state index is 10.1. The number of hydrogen-bond donors (Lipinski definition) is 2. The number of carbonyl (C=O) groups is 2. The van der Waals surface area contributed by atoms with Crippen LogP contribution in [0.4, 0.5) is 0 Å². The average Bonchev–Trinajstić information content (AvgIpc) is 2.93. The molecule has 13 heteroatoms. The van der Waals surface area contributed by atoms with E-state index in [1.807, 2.05) is 0 Å². The molecule has 0 aliphatic carbocycles. The molecule has 0 atom stereocenters.